The molecule has 0 aliphatic heterocycles. The Labute approximate surface area is 129 Å². The molecule has 1 heterocycles. The molecular weight excluding hydrogens is 262 g/mol. The lowest BCUT2D eigenvalue weighted by Gasteiger charge is -2.02. The highest BCUT2D eigenvalue weighted by molar-refractivity contribution is 4.89. The molecule has 0 aromatic carbocycles. The van der Waals surface area contributed by atoms with Crippen molar-refractivity contribution in [1.29, 1.82) is 0 Å². The number of hydrogen-bond acceptors (Lipinski definition) is 4. The highest BCUT2D eigenvalue weighted by atomic mass is 16.5. The smallest absolute Gasteiger partial charge is 0.226 e. The summed E-state index contributed by atoms with van der Waals surface area (Å²) in [5.74, 6) is 1.53. The lowest BCUT2D eigenvalue weighted by molar-refractivity contribution is 0.367. The molecule has 0 fully saturated rings. The van der Waals surface area contributed by atoms with Gasteiger partial charge in [0.1, 0.15) is 0 Å². The zero-order chi connectivity index (χ0) is 15.3. The molecule has 1 unspecified atom stereocenters. The predicted octanol–water partition coefficient (Wildman–Crippen LogP) is 4.42. The van der Waals surface area contributed by atoms with Crippen molar-refractivity contribution in [3.8, 4) is 0 Å². The van der Waals surface area contributed by atoms with E-state index in [1.807, 2.05) is 0 Å². The first kappa shape index (κ1) is 18.1. The summed E-state index contributed by atoms with van der Waals surface area (Å²) in [6, 6.07) is 0.142. The van der Waals surface area contributed by atoms with Crippen LogP contribution < -0.4 is 5.73 Å². The standard InChI is InChI=1S/C17H33N3O/c1-3-5-6-7-8-9-10-11-12-13-17-19-16(20-21-17)14-15(18)4-2/h15H,3-14,18H2,1-2H3. The molecule has 0 radical (unpaired) electrons. The molecule has 1 aromatic heterocycles. The summed E-state index contributed by atoms with van der Waals surface area (Å²) in [5.41, 5.74) is 5.89. The van der Waals surface area contributed by atoms with E-state index in [-0.39, 0.29) is 6.04 Å². The number of aromatic nitrogens is 2. The van der Waals surface area contributed by atoms with Gasteiger partial charge < -0.3 is 10.3 Å². The quantitative estimate of drug-likeness (QED) is 0.547. The average Bonchev–Trinajstić information content (AvgIpc) is 2.93. The van der Waals surface area contributed by atoms with E-state index in [1.54, 1.807) is 0 Å². The van der Waals surface area contributed by atoms with Crippen LogP contribution in [0.15, 0.2) is 4.52 Å². The first-order valence-electron chi connectivity index (χ1n) is 8.83. The van der Waals surface area contributed by atoms with Gasteiger partial charge in [-0.15, -0.1) is 0 Å². The Morgan fingerprint density at radius 1 is 0.952 bits per heavy atom. The van der Waals surface area contributed by atoms with Crippen molar-refractivity contribution in [3.63, 3.8) is 0 Å². The highest BCUT2D eigenvalue weighted by Gasteiger charge is 2.09. The van der Waals surface area contributed by atoms with E-state index < -0.39 is 0 Å². The van der Waals surface area contributed by atoms with E-state index in [9.17, 15) is 0 Å². The number of nitrogens with two attached hydrogens (primary N) is 1. The molecule has 0 saturated heterocycles. The van der Waals surface area contributed by atoms with Gasteiger partial charge >= 0.3 is 0 Å². The van der Waals surface area contributed by atoms with Crippen molar-refractivity contribution >= 4 is 0 Å². The van der Waals surface area contributed by atoms with E-state index in [1.165, 1.54) is 51.4 Å². The molecule has 0 aliphatic carbocycles. The zero-order valence-corrected chi connectivity index (χ0v) is 13.9. The third-order valence-corrected chi connectivity index (χ3v) is 3.97. The molecule has 4 nitrogen and oxygen atoms in total. The fourth-order valence-corrected chi connectivity index (χ4v) is 2.44. The van der Waals surface area contributed by atoms with Gasteiger partial charge in [0.25, 0.3) is 0 Å². The minimum atomic E-state index is 0.142. The minimum Gasteiger partial charge on any atom is -0.339 e. The second kappa shape index (κ2) is 11.7. The molecule has 2 N–H and O–H groups in total. The Morgan fingerprint density at radius 3 is 2.19 bits per heavy atom. The van der Waals surface area contributed by atoms with Crippen LogP contribution in [0.5, 0.6) is 0 Å². The van der Waals surface area contributed by atoms with Crippen molar-refractivity contribution in [1.82, 2.24) is 10.1 Å². The SMILES string of the molecule is CCCCCCCCCCCc1nc(CC(N)CC)no1. The molecule has 0 spiro atoms. The van der Waals surface area contributed by atoms with Gasteiger partial charge in [-0.3, -0.25) is 0 Å². The van der Waals surface area contributed by atoms with Crippen LogP contribution >= 0.6 is 0 Å². The molecular formula is C17H33N3O. The average molecular weight is 295 g/mol. The summed E-state index contributed by atoms with van der Waals surface area (Å²) in [6.07, 6.45) is 14.6. The van der Waals surface area contributed by atoms with Crippen LogP contribution in [0.3, 0.4) is 0 Å². The maximum atomic E-state index is 5.89. The van der Waals surface area contributed by atoms with Crippen LogP contribution in [0.2, 0.25) is 0 Å². The number of hydrogen-bond donors (Lipinski definition) is 1. The van der Waals surface area contributed by atoms with E-state index in [2.05, 4.69) is 24.0 Å². The molecule has 21 heavy (non-hydrogen) atoms. The lowest BCUT2D eigenvalue weighted by Crippen LogP contribution is -2.22. The van der Waals surface area contributed by atoms with Gasteiger partial charge in [-0.05, 0) is 12.8 Å². The predicted molar refractivity (Wildman–Crippen MR) is 87.2 cm³/mol. The minimum absolute atomic E-state index is 0.142. The summed E-state index contributed by atoms with van der Waals surface area (Å²) in [5, 5.41) is 3.99. The summed E-state index contributed by atoms with van der Waals surface area (Å²) in [7, 11) is 0. The first-order chi connectivity index (χ1) is 10.3. The number of unbranched alkanes of at least 4 members (excludes halogenated alkanes) is 8. The van der Waals surface area contributed by atoms with Crippen molar-refractivity contribution in [2.24, 2.45) is 5.73 Å². The van der Waals surface area contributed by atoms with Crippen LogP contribution in [0.1, 0.15) is 89.8 Å². The number of nitrogens with zero attached hydrogens (tertiary/aromatic N) is 2. The molecule has 1 rings (SSSR count). The Bertz CT molecular complexity index is 352. The van der Waals surface area contributed by atoms with Gasteiger partial charge in [-0.25, -0.2) is 0 Å². The van der Waals surface area contributed by atoms with E-state index in [0.29, 0.717) is 0 Å². The van der Waals surface area contributed by atoms with E-state index in [4.69, 9.17) is 10.3 Å². The van der Waals surface area contributed by atoms with Gasteiger partial charge in [0, 0.05) is 18.9 Å². The molecule has 1 aromatic rings. The van der Waals surface area contributed by atoms with Gasteiger partial charge in [-0.1, -0.05) is 70.4 Å². The Hall–Kier alpha value is -0.900. The van der Waals surface area contributed by atoms with Gasteiger partial charge in [0.2, 0.25) is 5.89 Å². The van der Waals surface area contributed by atoms with E-state index >= 15 is 0 Å². The Morgan fingerprint density at radius 2 is 1.57 bits per heavy atom. The fourth-order valence-electron chi connectivity index (χ4n) is 2.44. The van der Waals surface area contributed by atoms with Crippen LogP contribution in [0, 0.1) is 0 Å². The largest absolute Gasteiger partial charge is 0.339 e. The summed E-state index contributed by atoms with van der Waals surface area (Å²) in [4.78, 5) is 4.41. The highest BCUT2D eigenvalue weighted by Crippen LogP contribution is 2.11. The zero-order valence-electron chi connectivity index (χ0n) is 13.9. The maximum absolute atomic E-state index is 5.89. The van der Waals surface area contributed by atoms with Crippen molar-refractivity contribution in [3.05, 3.63) is 11.7 Å². The monoisotopic (exact) mass is 295 g/mol. The number of aryl methyl sites for hydroxylation is 1. The van der Waals surface area contributed by atoms with Gasteiger partial charge in [0.15, 0.2) is 5.82 Å². The molecule has 0 amide bonds. The fraction of sp³-hybridized carbons (Fsp3) is 0.882. The molecule has 1 atom stereocenters. The molecule has 0 saturated carbocycles. The summed E-state index contributed by atoms with van der Waals surface area (Å²) < 4.78 is 5.27. The molecule has 122 valence electrons. The van der Waals surface area contributed by atoms with Crippen molar-refractivity contribution in [2.45, 2.75) is 96.9 Å². The lowest BCUT2D eigenvalue weighted by atomic mass is 10.1. The van der Waals surface area contributed by atoms with Crippen molar-refractivity contribution in [2.75, 3.05) is 0 Å². The van der Waals surface area contributed by atoms with Crippen LogP contribution in [0.4, 0.5) is 0 Å². The molecule has 0 bridgehead atoms. The normalized spacial score (nSPS) is 12.7. The summed E-state index contributed by atoms with van der Waals surface area (Å²) >= 11 is 0. The molecule has 0 aliphatic rings. The number of rotatable bonds is 13. The maximum Gasteiger partial charge on any atom is 0.226 e. The second-order valence-corrected chi connectivity index (χ2v) is 6.06. The van der Waals surface area contributed by atoms with E-state index in [0.717, 1.165) is 37.4 Å². The Kier molecular flexibility index (Phi) is 10.1. The van der Waals surface area contributed by atoms with Crippen molar-refractivity contribution < 1.29 is 4.52 Å². The van der Waals surface area contributed by atoms with Crippen LogP contribution in [-0.4, -0.2) is 16.2 Å². The Balaban J connectivity index is 2.00. The third-order valence-electron chi connectivity index (χ3n) is 3.97. The molecule has 4 heteroatoms. The van der Waals surface area contributed by atoms with Crippen LogP contribution in [0.25, 0.3) is 0 Å². The third kappa shape index (κ3) is 8.86. The van der Waals surface area contributed by atoms with Crippen LogP contribution in [-0.2, 0) is 12.8 Å². The topological polar surface area (TPSA) is 64.9 Å². The first-order valence-corrected chi connectivity index (χ1v) is 8.83. The second-order valence-electron chi connectivity index (χ2n) is 6.06. The van der Waals surface area contributed by atoms with Gasteiger partial charge in [-0.2, -0.15) is 4.98 Å². The summed E-state index contributed by atoms with van der Waals surface area (Å²) in [6.45, 7) is 4.34. The van der Waals surface area contributed by atoms with Gasteiger partial charge in [0.05, 0.1) is 0 Å².